The summed E-state index contributed by atoms with van der Waals surface area (Å²) in [5.41, 5.74) is 1.99. The van der Waals surface area contributed by atoms with Crippen LogP contribution in [0.2, 0.25) is 0 Å². The minimum absolute atomic E-state index is 0.0318. The van der Waals surface area contributed by atoms with Crippen LogP contribution in [0.5, 0.6) is 11.5 Å². The number of pyridine rings is 1. The first-order valence-corrected chi connectivity index (χ1v) is 13.0. The third-order valence-corrected chi connectivity index (χ3v) is 6.95. The van der Waals surface area contributed by atoms with E-state index in [0.29, 0.717) is 33.5 Å². The highest BCUT2D eigenvalue weighted by atomic mass is 19.1. The molecule has 6 aromatic rings. The average molecular weight is 566 g/mol. The first kappa shape index (κ1) is 26.8. The van der Waals surface area contributed by atoms with Crippen LogP contribution in [0.4, 0.5) is 13.2 Å². The van der Waals surface area contributed by atoms with Gasteiger partial charge in [0.25, 0.3) is 5.56 Å². The van der Waals surface area contributed by atoms with Gasteiger partial charge in [-0.3, -0.25) is 14.2 Å². The molecule has 0 N–H and O–H groups in total. The van der Waals surface area contributed by atoms with E-state index in [2.05, 4.69) is 5.10 Å². The molecule has 0 spiro atoms. The minimum Gasteiger partial charge on any atom is -0.452 e. The molecule has 0 bridgehead atoms. The van der Waals surface area contributed by atoms with E-state index in [1.807, 2.05) is 0 Å². The fourth-order valence-corrected chi connectivity index (χ4v) is 4.90. The molecule has 3 aromatic carbocycles. The molecule has 42 heavy (non-hydrogen) atoms. The Morgan fingerprint density at radius 3 is 2.38 bits per heavy atom. The molecule has 6 nitrogen and oxygen atoms in total. The number of halogens is 3. The Bertz CT molecular complexity index is 2030. The maximum Gasteiger partial charge on any atom is 0.266 e. The van der Waals surface area contributed by atoms with Crippen LogP contribution in [0.25, 0.3) is 22.3 Å². The summed E-state index contributed by atoms with van der Waals surface area (Å²) < 4.78 is 51.9. The van der Waals surface area contributed by atoms with Gasteiger partial charge in [0.15, 0.2) is 23.1 Å². The molecule has 6 rings (SSSR count). The molecule has 0 fully saturated rings. The Balaban J connectivity index is 1.28. The number of hydrogen-bond acceptors (Lipinski definition) is 4. The molecule has 0 aliphatic heterocycles. The molecule has 0 saturated carbocycles. The number of ketones is 1. The van der Waals surface area contributed by atoms with Crippen molar-refractivity contribution in [3.8, 4) is 28.3 Å². The average Bonchev–Trinajstić information content (AvgIpc) is 3.40. The minimum atomic E-state index is -0.720. The van der Waals surface area contributed by atoms with E-state index in [9.17, 15) is 18.4 Å². The maximum absolute atomic E-state index is 15.3. The number of nitrogens with zero attached hydrogens (tertiary/aromatic N) is 3. The molecule has 0 amide bonds. The number of ether oxygens (including phenoxy) is 1. The molecule has 0 unspecified atom stereocenters. The lowest BCUT2D eigenvalue weighted by molar-refractivity contribution is 0.0990. The first-order valence-electron chi connectivity index (χ1n) is 13.0. The Labute approximate surface area is 237 Å². The molecule has 208 valence electrons. The van der Waals surface area contributed by atoms with Crippen molar-refractivity contribution in [2.75, 3.05) is 0 Å². The Morgan fingerprint density at radius 1 is 0.833 bits per heavy atom. The molecule has 0 aliphatic carbocycles. The predicted molar refractivity (Wildman–Crippen MR) is 152 cm³/mol. The third-order valence-electron chi connectivity index (χ3n) is 6.95. The molecule has 9 heteroatoms. The van der Waals surface area contributed by atoms with Crippen LogP contribution in [0.15, 0.2) is 108 Å². The summed E-state index contributed by atoms with van der Waals surface area (Å²) >= 11 is 0. The topological polar surface area (TPSA) is 65.6 Å². The number of carbonyl (C=O) groups excluding carboxylic acids is 1. The molecular weight excluding hydrogens is 543 g/mol. The van der Waals surface area contributed by atoms with Gasteiger partial charge >= 0.3 is 0 Å². The van der Waals surface area contributed by atoms with Crippen LogP contribution in [-0.2, 0) is 6.42 Å². The highest BCUT2D eigenvalue weighted by Gasteiger charge is 2.19. The summed E-state index contributed by atoms with van der Waals surface area (Å²) in [4.78, 5) is 26.4. The normalized spacial score (nSPS) is 11.1. The van der Waals surface area contributed by atoms with Gasteiger partial charge in [-0.1, -0.05) is 24.3 Å². The van der Waals surface area contributed by atoms with E-state index in [1.54, 1.807) is 55.6 Å². The second-order valence-electron chi connectivity index (χ2n) is 9.69. The van der Waals surface area contributed by atoms with Gasteiger partial charge in [0.1, 0.15) is 17.2 Å². The van der Waals surface area contributed by atoms with Crippen LogP contribution in [0.1, 0.15) is 21.5 Å². The van der Waals surface area contributed by atoms with Gasteiger partial charge in [0.2, 0.25) is 0 Å². The zero-order valence-electron chi connectivity index (χ0n) is 22.2. The number of fused-ring (bicyclic) bond motifs is 1. The third kappa shape index (κ3) is 4.96. The van der Waals surface area contributed by atoms with E-state index in [-0.39, 0.29) is 23.5 Å². The van der Waals surface area contributed by atoms with Gasteiger partial charge in [0, 0.05) is 41.7 Å². The molecule has 3 heterocycles. The summed E-state index contributed by atoms with van der Waals surface area (Å²) in [6, 6.07) is 20.6. The fraction of sp³-hybridized carbons (Fsp3) is 0.0606. The van der Waals surface area contributed by atoms with Crippen LogP contribution in [0.3, 0.4) is 0 Å². The molecule has 0 saturated heterocycles. The van der Waals surface area contributed by atoms with Crippen molar-refractivity contribution in [3.05, 3.63) is 148 Å². The first-order chi connectivity index (χ1) is 20.3. The van der Waals surface area contributed by atoms with Crippen molar-refractivity contribution >= 4 is 11.3 Å². The van der Waals surface area contributed by atoms with Crippen molar-refractivity contribution in [2.45, 2.75) is 13.3 Å². The molecular formula is C33H22F3N3O3. The number of Topliss-reactive ketones (excluding diaryl/α,β-unsaturated/α-hetero) is 1. The van der Waals surface area contributed by atoms with Gasteiger partial charge in [-0.15, -0.1) is 0 Å². The maximum atomic E-state index is 15.3. The fourth-order valence-electron chi connectivity index (χ4n) is 4.90. The van der Waals surface area contributed by atoms with Gasteiger partial charge in [-0.05, 0) is 72.6 Å². The Hall–Kier alpha value is -5.44. The van der Waals surface area contributed by atoms with Gasteiger partial charge in [0.05, 0.1) is 11.8 Å². The highest BCUT2D eigenvalue weighted by Crippen LogP contribution is 2.36. The number of aromatic nitrogens is 3. The monoisotopic (exact) mass is 565 g/mol. The standard InChI is InChI=1S/C33H22F3N3O3/c1-20-13-16-38(23-9-7-22(34)8-10-23)33(41)31(20)28(40)19-21-6-11-29(27(36)18-21)42-30-12-15-37-39-17-14-25(32(30)39)24-4-2-3-5-26(24)35/h2-18H,19H2,1H3. The van der Waals surface area contributed by atoms with Crippen molar-refractivity contribution < 1.29 is 22.7 Å². The van der Waals surface area contributed by atoms with E-state index in [4.69, 9.17) is 4.74 Å². The number of rotatable bonds is 7. The molecule has 0 aliphatic rings. The SMILES string of the molecule is Cc1ccn(-c2ccc(F)cc2)c(=O)c1C(=O)Cc1ccc(Oc2ccnn3ccc(-c4ccccc4F)c23)c(F)c1. The van der Waals surface area contributed by atoms with Crippen molar-refractivity contribution in [3.63, 3.8) is 0 Å². The van der Waals surface area contributed by atoms with E-state index in [1.165, 1.54) is 63.9 Å². The zero-order valence-corrected chi connectivity index (χ0v) is 22.2. The highest BCUT2D eigenvalue weighted by molar-refractivity contribution is 5.98. The second-order valence-corrected chi connectivity index (χ2v) is 9.69. The number of carbonyl (C=O) groups is 1. The van der Waals surface area contributed by atoms with Crippen molar-refractivity contribution in [2.24, 2.45) is 0 Å². The van der Waals surface area contributed by atoms with Crippen LogP contribution in [0, 0.1) is 24.4 Å². The quantitative estimate of drug-likeness (QED) is 0.194. The molecule has 3 aromatic heterocycles. The number of hydrogen-bond donors (Lipinski definition) is 0. The van der Waals surface area contributed by atoms with Crippen LogP contribution < -0.4 is 10.3 Å². The summed E-state index contributed by atoms with van der Waals surface area (Å²) in [6.07, 6.45) is 4.44. The number of aryl methyl sites for hydroxylation is 1. The zero-order chi connectivity index (χ0) is 29.4. The lowest BCUT2D eigenvalue weighted by Gasteiger charge is -2.12. The van der Waals surface area contributed by atoms with E-state index < -0.39 is 28.8 Å². The molecule has 0 atom stereocenters. The predicted octanol–water partition coefficient (Wildman–Crippen LogP) is 7.10. The lowest BCUT2D eigenvalue weighted by Crippen LogP contribution is -2.27. The van der Waals surface area contributed by atoms with E-state index in [0.717, 1.165) is 0 Å². The number of benzene rings is 3. The Kier molecular flexibility index (Phi) is 6.92. The van der Waals surface area contributed by atoms with Crippen molar-refractivity contribution in [1.82, 2.24) is 14.2 Å². The van der Waals surface area contributed by atoms with Crippen LogP contribution in [-0.4, -0.2) is 20.0 Å². The van der Waals surface area contributed by atoms with Crippen LogP contribution >= 0.6 is 0 Å². The Morgan fingerprint density at radius 2 is 1.62 bits per heavy atom. The summed E-state index contributed by atoms with van der Waals surface area (Å²) in [6.45, 7) is 1.65. The summed E-state index contributed by atoms with van der Waals surface area (Å²) in [5.74, 6) is -1.91. The smallest absolute Gasteiger partial charge is 0.266 e. The van der Waals surface area contributed by atoms with Gasteiger partial charge < -0.3 is 4.74 Å². The lowest BCUT2D eigenvalue weighted by atomic mass is 10.0. The molecule has 0 radical (unpaired) electrons. The second kappa shape index (κ2) is 10.9. The van der Waals surface area contributed by atoms with Gasteiger partial charge in [-0.25, -0.2) is 17.7 Å². The van der Waals surface area contributed by atoms with E-state index >= 15 is 4.39 Å². The summed E-state index contributed by atoms with van der Waals surface area (Å²) in [7, 11) is 0. The summed E-state index contributed by atoms with van der Waals surface area (Å²) in [5, 5.41) is 4.24. The largest absolute Gasteiger partial charge is 0.452 e. The van der Waals surface area contributed by atoms with Crippen molar-refractivity contribution in [1.29, 1.82) is 0 Å². The van der Waals surface area contributed by atoms with Gasteiger partial charge in [-0.2, -0.15) is 5.10 Å².